The van der Waals surface area contributed by atoms with Gasteiger partial charge in [-0.3, -0.25) is 9.36 Å². The van der Waals surface area contributed by atoms with Gasteiger partial charge in [0.25, 0.3) is 5.56 Å². The summed E-state index contributed by atoms with van der Waals surface area (Å²) in [6.07, 6.45) is 7.76. The molecule has 1 aliphatic heterocycles. The highest BCUT2D eigenvalue weighted by molar-refractivity contribution is 5.81. The lowest BCUT2D eigenvalue weighted by molar-refractivity contribution is 0.499. The van der Waals surface area contributed by atoms with Gasteiger partial charge >= 0.3 is 0 Å². The standard InChI is InChI=1S/C22H23N7O/c23-14-16-7-8-25-26-21(16)28-11-9-27(10-12-28)18-5-6-19-20(13-18)24-15-29(22(19)30)17-3-1-2-4-17/h5-8,13,15,17H,1-4,9-12H2. The largest absolute Gasteiger partial charge is 0.368 e. The summed E-state index contributed by atoms with van der Waals surface area (Å²) in [5, 5.41) is 18.1. The molecule has 1 saturated carbocycles. The Morgan fingerprint density at radius 3 is 2.57 bits per heavy atom. The van der Waals surface area contributed by atoms with E-state index in [1.54, 1.807) is 18.6 Å². The smallest absolute Gasteiger partial charge is 0.261 e. The van der Waals surface area contributed by atoms with E-state index in [1.807, 2.05) is 22.8 Å². The molecule has 0 bridgehead atoms. The molecule has 30 heavy (non-hydrogen) atoms. The molecule has 1 aromatic carbocycles. The van der Waals surface area contributed by atoms with E-state index in [-0.39, 0.29) is 5.56 Å². The van der Waals surface area contributed by atoms with Crippen LogP contribution < -0.4 is 15.4 Å². The summed E-state index contributed by atoms with van der Waals surface area (Å²) in [5.74, 6) is 0.646. The van der Waals surface area contributed by atoms with Crippen molar-refractivity contribution in [3.05, 3.63) is 52.7 Å². The van der Waals surface area contributed by atoms with Gasteiger partial charge in [0.15, 0.2) is 5.82 Å². The molecule has 8 heteroatoms. The van der Waals surface area contributed by atoms with Gasteiger partial charge in [-0.25, -0.2) is 4.98 Å². The van der Waals surface area contributed by atoms with Crippen LogP contribution in [0.2, 0.25) is 0 Å². The Balaban J connectivity index is 1.35. The highest BCUT2D eigenvalue weighted by atomic mass is 16.1. The fraction of sp³-hybridized carbons (Fsp3) is 0.409. The minimum absolute atomic E-state index is 0.0648. The van der Waals surface area contributed by atoms with Crippen molar-refractivity contribution in [2.24, 2.45) is 0 Å². The summed E-state index contributed by atoms with van der Waals surface area (Å²) in [7, 11) is 0. The second-order valence-corrected chi connectivity index (χ2v) is 7.95. The maximum absolute atomic E-state index is 12.9. The van der Waals surface area contributed by atoms with E-state index in [4.69, 9.17) is 0 Å². The third-order valence-electron chi connectivity index (χ3n) is 6.25. The molecule has 8 nitrogen and oxygen atoms in total. The normalized spacial score (nSPS) is 17.4. The quantitative estimate of drug-likeness (QED) is 0.666. The van der Waals surface area contributed by atoms with Gasteiger partial charge in [0, 0.05) is 37.9 Å². The number of rotatable bonds is 3. The van der Waals surface area contributed by atoms with E-state index >= 15 is 0 Å². The third-order valence-corrected chi connectivity index (χ3v) is 6.25. The Kier molecular flexibility index (Phi) is 4.79. The van der Waals surface area contributed by atoms with Crippen LogP contribution in [0.15, 0.2) is 41.6 Å². The van der Waals surface area contributed by atoms with Crippen molar-refractivity contribution < 1.29 is 0 Å². The molecule has 0 radical (unpaired) electrons. The van der Waals surface area contributed by atoms with Crippen molar-refractivity contribution in [3.8, 4) is 6.07 Å². The van der Waals surface area contributed by atoms with E-state index in [1.165, 1.54) is 12.8 Å². The Morgan fingerprint density at radius 2 is 1.80 bits per heavy atom. The van der Waals surface area contributed by atoms with Crippen LogP contribution >= 0.6 is 0 Å². The van der Waals surface area contributed by atoms with Crippen molar-refractivity contribution in [1.29, 1.82) is 5.26 Å². The van der Waals surface area contributed by atoms with Gasteiger partial charge in [-0.1, -0.05) is 12.8 Å². The molecule has 0 amide bonds. The van der Waals surface area contributed by atoms with Crippen molar-refractivity contribution in [2.75, 3.05) is 36.0 Å². The molecule has 152 valence electrons. The Bertz CT molecular complexity index is 1170. The zero-order chi connectivity index (χ0) is 20.5. The lowest BCUT2D eigenvalue weighted by atomic mass is 10.1. The molecule has 3 heterocycles. The fourth-order valence-electron chi connectivity index (χ4n) is 4.58. The van der Waals surface area contributed by atoms with Crippen LogP contribution in [0.4, 0.5) is 11.5 Å². The van der Waals surface area contributed by atoms with Crippen molar-refractivity contribution in [2.45, 2.75) is 31.7 Å². The Labute approximate surface area is 174 Å². The summed E-state index contributed by atoms with van der Waals surface area (Å²) in [6.45, 7) is 3.10. The molecule has 2 aliphatic rings. The van der Waals surface area contributed by atoms with Gasteiger partial charge in [0.2, 0.25) is 0 Å². The molecule has 1 saturated heterocycles. The molecule has 3 aromatic rings. The number of anilines is 2. The van der Waals surface area contributed by atoms with Crippen LogP contribution in [0.5, 0.6) is 0 Å². The van der Waals surface area contributed by atoms with Crippen molar-refractivity contribution in [3.63, 3.8) is 0 Å². The van der Waals surface area contributed by atoms with Gasteiger partial charge in [-0.2, -0.15) is 10.4 Å². The molecule has 0 spiro atoms. The first-order valence-electron chi connectivity index (χ1n) is 10.5. The van der Waals surface area contributed by atoms with Crippen LogP contribution in [0.25, 0.3) is 10.9 Å². The van der Waals surface area contributed by atoms with Crippen LogP contribution in [-0.2, 0) is 0 Å². The summed E-state index contributed by atoms with van der Waals surface area (Å²) < 4.78 is 1.82. The Morgan fingerprint density at radius 1 is 1.03 bits per heavy atom. The molecule has 2 fully saturated rings. The summed E-state index contributed by atoms with van der Waals surface area (Å²) >= 11 is 0. The molecular formula is C22H23N7O. The SMILES string of the molecule is N#Cc1ccnnc1N1CCN(c2ccc3c(=O)n(C4CCCC4)cnc3c2)CC1. The number of hydrogen-bond donors (Lipinski definition) is 0. The van der Waals surface area contributed by atoms with E-state index < -0.39 is 0 Å². The average molecular weight is 401 g/mol. The zero-order valence-corrected chi connectivity index (χ0v) is 16.7. The minimum Gasteiger partial charge on any atom is -0.368 e. The second-order valence-electron chi connectivity index (χ2n) is 7.95. The average Bonchev–Trinajstić information content (AvgIpc) is 3.34. The van der Waals surface area contributed by atoms with Crippen molar-refractivity contribution >= 4 is 22.4 Å². The highest BCUT2D eigenvalue weighted by Gasteiger charge is 2.22. The number of piperazine rings is 1. The summed E-state index contributed by atoms with van der Waals surface area (Å²) in [5.41, 5.74) is 2.42. The van der Waals surface area contributed by atoms with Crippen molar-refractivity contribution in [1.82, 2.24) is 19.7 Å². The molecule has 1 aliphatic carbocycles. The summed E-state index contributed by atoms with van der Waals surface area (Å²) in [4.78, 5) is 21.9. The maximum Gasteiger partial charge on any atom is 0.261 e. The molecule has 0 atom stereocenters. The number of benzene rings is 1. The minimum atomic E-state index is 0.0648. The maximum atomic E-state index is 12.9. The number of hydrogen-bond acceptors (Lipinski definition) is 7. The number of aromatic nitrogens is 4. The lowest BCUT2D eigenvalue weighted by Gasteiger charge is -2.36. The molecular weight excluding hydrogens is 378 g/mol. The number of nitrogens with zero attached hydrogens (tertiary/aromatic N) is 7. The fourth-order valence-corrected chi connectivity index (χ4v) is 4.58. The van der Waals surface area contributed by atoms with Crippen LogP contribution in [0, 0.1) is 11.3 Å². The zero-order valence-electron chi connectivity index (χ0n) is 16.7. The molecule has 0 N–H and O–H groups in total. The van der Waals surface area contributed by atoms with E-state index in [2.05, 4.69) is 31.1 Å². The monoisotopic (exact) mass is 401 g/mol. The molecule has 0 unspecified atom stereocenters. The van der Waals surface area contributed by atoms with Gasteiger partial charge in [-0.05, 0) is 37.1 Å². The van der Waals surface area contributed by atoms with Crippen LogP contribution in [-0.4, -0.2) is 45.9 Å². The highest BCUT2D eigenvalue weighted by Crippen LogP contribution is 2.29. The van der Waals surface area contributed by atoms with Crippen LogP contribution in [0.1, 0.15) is 37.3 Å². The van der Waals surface area contributed by atoms with E-state index in [0.29, 0.717) is 22.8 Å². The number of fused-ring (bicyclic) bond motifs is 1. The predicted octanol–water partition coefficient (Wildman–Crippen LogP) is 2.50. The van der Waals surface area contributed by atoms with E-state index in [9.17, 15) is 10.1 Å². The second kappa shape index (κ2) is 7.75. The summed E-state index contributed by atoms with van der Waals surface area (Å²) in [6, 6.07) is 10.1. The number of nitriles is 1. The first kappa shape index (κ1) is 18.6. The van der Waals surface area contributed by atoms with Gasteiger partial charge in [0.05, 0.1) is 29.0 Å². The third kappa shape index (κ3) is 3.26. The predicted molar refractivity (Wildman–Crippen MR) is 115 cm³/mol. The van der Waals surface area contributed by atoms with Gasteiger partial charge < -0.3 is 9.80 Å². The Hall–Kier alpha value is -3.47. The van der Waals surface area contributed by atoms with Gasteiger partial charge in [0.1, 0.15) is 6.07 Å². The van der Waals surface area contributed by atoms with Crippen LogP contribution in [0.3, 0.4) is 0 Å². The lowest BCUT2D eigenvalue weighted by Crippen LogP contribution is -2.47. The van der Waals surface area contributed by atoms with E-state index in [0.717, 1.165) is 50.2 Å². The first-order chi connectivity index (χ1) is 14.7. The molecule has 2 aromatic heterocycles. The first-order valence-corrected chi connectivity index (χ1v) is 10.5. The topological polar surface area (TPSA) is 90.9 Å². The van der Waals surface area contributed by atoms with Gasteiger partial charge in [-0.15, -0.1) is 5.10 Å². The molecule has 5 rings (SSSR count).